The Hall–Kier alpha value is -4.64. The predicted molar refractivity (Wildman–Crippen MR) is 299 cm³/mol. The summed E-state index contributed by atoms with van der Waals surface area (Å²) in [5, 5.41) is 20.9. The van der Waals surface area contributed by atoms with Crippen molar-refractivity contribution in [2.24, 2.45) is 0 Å². The first-order chi connectivity index (χ1) is 32.4. The first-order valence-corrected chi connectivity index (χ1v) is 34.2. The Morgan fingerprint density at radius 1 is 0.343 bits per heavy atom. The Morgan fingerprint density at radius 2 is 0.627 bits per heavy atom. The fourth-order valence-electron chi connectivity index (χ4n) is 9.38. The van der Waals surface area contributed by atoms with E-state index in [2.05, 4.69) is 225 Å². The van der Waals surface area contributed by atoms with E-state index in [1.807, 2.05) is 12.1 Å². The lowest BCUT2D eigenvalue weighted by atomic mass is 10.1. The normalized spacial score (nSPS) is 14.9. The van der Waals surface area contributed by atoms with Crippen LogP contribution < -0.4 is 47.1 Å². The molecule has 0 heterocycles. The highest BCUT2D eigenvalue weighted by Gasteiger charge is 2.31. The Kier molecular flexibility index (Phi) is 16.2. The van der Waals surface area contributed by atoms with Crippen molar-refractivity contribution in [3.63, 3.8) is 0 Å². The molecule has 0 aromatic heterocycles. The SMILES string of the molecule is C[Si](C)(c1ccc(-c2ccccc2)cc1)c1ccccc1CNC1CC1.C[Si](C)(c1ccc(Cl)cc1)c1ccccc1CNC1CC1.C[Si](C)(c1ccccc1)c1ccccc1CNC1CC1. The standard InChI is InChI=1S/C24H27NSi.C18H22ClNSi.C18H23NSi/c1-26(2,24-11-7-6-10-21(24)18-25-22-14-15-22)23-16-12-20(13-17-23)19-8-4-3-5-9-19;1-21(2,17-11-7-15(19)8-12-17)18-6-4-3-5-14(18)13-20-16-9-10-16;1-20(2,17-9-4-3-5-10-17)18-11-7-6-8-15(18)14-19-16-12-13-16/h3-13,16-17,22,25H,14-15,18H2,1-2H3;3-8,11-12,16,20H,9-10,13H2,1-2H3;3-11,16,19H,12-14H2,1-2H3. The van der Waals surface area contributed by atoms with E-state index in [9.17, 15) is 0 Å². The molecule has 0 radical (unpaired) electrons. The van der Waals surface area contributed by atoms with Crippen molar-refractivity contribution in [3.05, 3.63) is 204 Å². The maximum atomic E-state index is 6.04. The third-order valence-corrected chi connectivity index (χ3v) is 25.4. The number of halogens is 1. The van der Waals surface area contributed by atoms with Gasteiger partial charge in [-0.25, -0.2) is 0 Å². The monoisotopic (exact) mass is 953 g/mol. The predicted octanol–water partition coefficient (Wildman–Crippen LogP) is 10.6. The van der Waals surface area contributed by atoms with E-state index < -0.39 is 24.2 Å². The van der Waals surface area contributed by atoms with Crippen molar-refractivity contribution in [2.75, 3.05) is 0 Å². The second-order valence-corrected chi connectivity index (χ2v) is 34.2. The van der Waals surface area contributed by atoms with Crippen LogP contribution in [-0.2, 0) is 19.6 Å². The smallest absolute Gasteiger partial charge is 0.112 e. The molecule has 0 saturated heterocycles. The summed E-state index contributed by atoms with van der Waals surface area (Å²) in [5.74, 6) is 0. The first kappa shape index (κ1) is 48.8. The quantitative estimate of drug-likeness (QED) is 0.0845. The minimum absolute atomic E-state index is 0.748. The fourth-order valence-corrected chi connectivity index (χ4v) is 17.9. The molecule has 0 amide bonds. The van der Waals surface area contributed by atoms with Crippen LogP contribution in [-0.4, -0.2) is 42.3 Å². The molecule has 7 heteroatoms. The Balaban J connectivity index is 0.000000138. The van der Waals surface area contributed by atoms with Crippen LogP contribution in [0.5, 0.6) is 0 Å². The largest absolute Gasteiger partial charge is 0.310 e. The van der Waals surface area contributed by atoms with Gasteiger partial charge in [-0.15, -0.1) is 0 Å². The minimum atomic E-state index is -1.72. The zero-order chi connectivity index (χ0) is 46.9. The molecule has 0 spiro atoms. The van der Waals surface area contributed by atoms with Gasteiger partial charge >= 0.3 is 0 Å². The number of hydrogen-bond acceptors (Lipinski definition) is 3. The van der Waals surface area contributed by atoms with E-state index in [-0.39, 0.29) is 0 Å². The van der Waals surface area contributed by atoms with Crippen molar-refractivity contribution in [3.8, 4) is 11.1 Å². The topological polar surface area (TPSA) is 36.1 Å². The second kappa shape index (κ2) is 22.2. The van der Waals surface area contributed by atoms with Crippen LogP contribution in [0.25, 0.3) is 11.1 Å². The summed E-state index contributed by atoms with van der Waals surface area (Å²) in [6, 6.07) is 68.5. The molecule has 346 valence electrons. The van der Waals surface area contributed by atoms with Gasteiger partial charge in [-0.2, -0.15) is 0 Å². The average Bonchev–Trinajstić information content (AvgIpc) is 4.20. The third kappa shape index (κ3) is 13.1. The van der Waals surface area contributed by atoms with Crippen LogP contribution in [0, 0.1) is 0 Å². The van der Waals surface area contributed by atoms with Crippen molar-refractivity contribution >= 4 is 66.9 Å². The summed E-state index contributed by atoms with van der Waals surface area (Å²) in [4.78, 5) is 0. The maximum Gasteiger partial charge on any atom is 0.112 e. The molecule has 0 bridgehead atoms. The van der Waals surface area contributed by atoms with Gasteiger partial charge in [-0.05, 0) is 78.5 Å². The minimum Gasteiger partial charge on any atom is -0.310 e. The summed E-state index contributed by atoms with van der Waals surface area (Å²) < 4.78 is 0. The van der Waals surface area contributed by atoms with Crippen molar-refractivity contribution in [2.45, 2.75) is 116 Å². The van der Waals surface area contributed by atoms with Crippen molar-refractivity contribution in [1.29, 1.82) is 0 Å². The number of rotatable bonds is 16. The van der Waals surface area contributed by atoms with Crippen molar-refractivity contribution < 1.29 is 0 Å². The summed E-state index contributed by atoms with van der Waals surface area (Å²) in [6.07, 6.45) is 8.04. The van der Waals surface area contributed by atoms with Gasteiger partial charge in [0.25, 0.3) is 0 Å². The van der Waals surface area contributed by atoms with E-state index in [1.165, 1.54) is 87.1 Å². The lowest BCUT2D eigenvalue weighted by molar-refractivity contribution is 0.690. The van der Waals surface area contributed by atoms with E-state index in [0.29, 0.717) is 0 Å². The zero-order valence-corrected chi connectivity index (χ0v) is 44.6. The summed E-state index contributed by atoms with van der Waals surface area (Å²) in [5.41, 5.74) is 6.99. The molecule has 3 aliphatic rings. The van der Waals surface area contributed by atoms with Crippen molar-refractivity contribution in [1.82, 2.24) is 16.0 Å². The molecule has 7 aromatic carbocycles. The lowest BCUT2D eigenvalue weighted by Crippen LogP contribution is -2.54. The van der Waals surface area contributed by atoms with Gasteiger partial charge in [0, 0.05) is 42.8 Å². The molecule has 3 fully saturated rings. The number of nitrogens with one attached hydrogen (secondary N) is 3. The highest BCUT2D eigenvalue weighted by atomic mass is 35.5. The van der Waals surface area contributed by atoms with Crippen LogP contribution in [0.15, 0.2) is 182 Å². The lowest BCUT2D eigenvalue weighted by Gasteiger charge is -2.27. The van der Waals surface area contributed by atoms with E-state index >= 15 is 0 Å². The highest BCUT2D eigenvalue weighted by molar-refractivity contribution is 7.01. The molecular formula is C60H72ClN3Si3. The highest BCUT2D eigenvalue weighted by Crippen LogP contribution is 2.23. The van der Waals surface area contributed by atoms with E-state index in [4.69, 9.17) is 11.6 Å². The van der Waals surface area contributed by atoms with Crippen LogP contribution in [0.3, 0.4) is 0 Å². The Labute approximate surface area is 410 Å². The summed E-state index contributed by atoms with van der Waals surface area (Å²) in [7, 11) is -4.98. The van der Waals surface area contributed by atoms with Gasteiger partial charge in [0.1, 0.15) is 24.2 Å². The molecule has 7 aromatic rings. The van der Waals surface area contributed by atoms with Crippen LogP contribution in [0.1, 0.15) is 55.2 Å². The number of hydrogen-bond donors (Lipinski definition) is 3. The zero-order valence-electron chi connectivity index (χ0n) is 40.8. The van der Waals surface area contributed by atoms with Gasteiger partial charge in [-0.3, -0.25) is 0 Å². The average molecular weight is 955 g/mol. The molecule has 67 heavy (non-hydrogen) atoms. The fraction of sp³-hybridized carbons (Fsp3) is 0.300. The molecule has 0 atom stereocenters. The molecule has 0 aliphatic heterocycles. The van der Waals surface area contributed by atoms with Crippen LogP contribution >= 0.6 is 11.6 Å². The molecule has 10 rings (SSSR count). The maximum absolute atomic E-state index is 6.04. The summed E-state index contributed by atoms with van der Waals surface area (Å²) >= 11 is 6.04. The first-order valence-electron chi connectivity index (χ1n) is 24.8. The molecule has 3 nitrogen and oxygen atoms in total. The van der Waals surface area contributed by atoms with Gasteiger partial charge in [-0.1, -0.05) is 252 Å². The Morgan fingerprint density at radius 3 is 0.985 bits per heavy atom. The number of benzene rings is 7. The summed E-state index contributed by atoms with van der Waals surface area (Å²) in [6.45, 7) is 17.7. The molecule has 3 aliphatic carbocycles. The Bertz CT molecular complexity index is 2640. The van der Waals surface area contributed by atoms with Gasteiger partial charge in [0.2, 0.25) is 0 Å². The molecule has 0 unspecified atom stereocenters. The molecule has 3 saturated carbocycles. The third-order valence-electron chi connectivity index (χ3n) is 14.3. The molecular weight excluding hydrogens is 882 g/mol. The van der Waals surface area contributed by atoms with Crippen LogP contribution in [0.2, 0.25) is 44.3 Å². The van der Waals surface area contributed by atoms with E-state index in [1.54, 1.807) is 10.4 Å². The molecule has 3 N–H and O–H groups in total. The second-order valence-electron chi connectivity index (χ2n) is 20.6. The van der Waals surface area contributed by atoms with Gasteiger partial charge in [0.05, 0.1) is 0 Å². The van der Waals surface area contributed by atoms with E-state index in [0.717, 1.165) is 42.8 Å². The van der Waals surface area contributed by atoms with Gasteiger partial charge in [0.15, 0.2) is 0 Å². The van der Waals surface area contributed by atoms with Gasteiger partial charge < -0.3 is 16.0 Å². The van der Waals surface area contributed by atoms with Crippen LogP contribution in [0.4, 0.5) is 0 Å².